The molecule has 1 aromatic rings. The number of rotatable bonds is 7. The smallest absolute Gasteiger partial charge is 0.410 e. The van der Waals surface area contributed by atoms with Gasteiger partial charge in [0.15, 0.2) is 11.5 Å². The molecule has 2 rings (SSSR count). The fraction of sp³-hybridized carbons (Fsp3) is 0.654. The zero-order valence-corrected chi connectivity index (χ0v) is 22.1. The SMILES string of the molecule is CC(C)CC(=O)CC(=O)OC(C)C.COc1cc2c(cc1OC)CN(C(=O)OC(C)(C)C)CC2. The molecule has 0 saturated carbocycles. The minimum absolute atomic E-state index is 0.0411. The first-order valence-electron chi connectivity index (χ1n) is 11.7. The van der Waals surface area contributed by atoms with Gasteiger partial charge in [-0.2, -0.15) is 0 Å². The Morgan fingerprint density at radius 3 is 2.00 bits per heavy atom. The Kier molecular flexibility index (Phi) is 11.4. The molecule has 0 fully saturated rings. The van der Waals surface area contributed by atoms with Crippen LogP contribution in [0, 0.1) is 5.92 Å². The lowest BCUT2D eigenvalue weighted by atomic mass is 9.99. The number of Topliss-reactive ketones (excluding diaryl/α,β-unsaturated/α-hetero) is 1. The van der Waals surface area contributed by atoms with Crippen molar-refractivity contribution in [1.29, 1.82) is 0 Å². The van der Waals surface area contributed by atoms with E-state index in [0.29, 0.717) is 31.2 Å². The van der Waals surface area contributed by atoms with Crippen molar-refractivity contribution in [3.05, 3.63) is 23.3 Å². The van der Waals surface area contributed by atoms with Crippen molar-refractivity contribution in [2.24, 2.45) is 5.92 Å². The van der Waals surface area contributed by atoms with Gasteiger partial charge < -0.3 is 23.8 Å². The van der Waals surface area contributed by atoms with Gasteiger partial charge in [-0.1, -0.05) is 13.8 Å². The molecule has 0 saturated heterocycles. The third-order valence-corrected chi connectivity index (χ3v) is 4.71. The van der Waals surface area contributed by atoms with E-state index < -0.39 is 11.6 Å². The molecule has 1 aromatic carbocycles. The van der Waals surface area contributed by atoms with Crippen LogP contribution < -0.4 is 9.47 Å². The van der Waals surface area contributed by atoms with Crippen LogP contribution in [0.25, 0.3) is 0 Å². The second-order valence-corrected chi connectivity index (χ2v) is 9.98. The summed E-state index contributed by atoms with van der Waals surface area (Å²) in [6, 6.07) is 3.92. The molecule has 0 atom stereocenters. The van der Waals surface area contributed by atoms with Crippen LogP contribution in [0.1, 0.15) is 72.4 Å². The molecule has 8 nitrogen and oxygen atoms in total. The fourth-order valence-electron chi connectivity index (χ4n) is 3.36. The number of benzene rings is 1. The van der Waals surface area contributed by atoms with Crippen molar-refractivity contribution in [2.45, 2.75) is 86.0 Å². The molecule has 0 N–H and O–H groups in total. The van der Waals surface area contributed by atoms with E-state index in [1.165, 1.54) is 5.56 Å². The van der Waals surface area contributed by atoms with Gasteiger partial charge in [0.25, 0.3) is 0 Å². The van der Waals surface area contributed by atoms with Gasteiger partial charge in [0, 0.05) is 19.5 Å². The summed E-state index contributed by atoms with van der Waals surface area (Å²) in [7, 11) is 3.23. The Morgan fingerprint density at radius 2 is 1.53 bits per heavy atom. The normalized spacial score (nSPS) is 13.0. The van der Waals surface area contributed by atoms with E-state index in [4.69, 9.17) is 18.9 Å². The number of nitrogens with zero attached hydrogens (tertiary/aromatic N) is 1. The number of ketones is 1. The number of carbonyl (C=O) groups is 3. The predicted molar refractivity (Wildman–Crippen MR) is 130 cm³/mol. The first-order valence-corrected chi connectivity index (χ1v) is 11.7. The van der Waals surface area contributed by atoms with Gasteiger partial charge in [-0.05, 0) is 70.2 Å². The van der Waals surface area contributed by atoms with E-state index in [9.17, 15) is 14.4 Å². The number of esters is 1. The van der Waals surface area contributed by atoms with Crippen molar-refractivity contribution in [3.8, 4) is 11.5 Å². The maximum absolute atomic E-state index is 12.1. The highest BCUT2D eigenvalue weighted by Gasteiger charge is 2.26. The summed E-state index contributed by atoms with van der Waals surface area (Å²) in [6.45, 7) is 14.2. The fourth-order valence-corrected chi connectivity index (χ4v) is 3.36. The van der Waals surface area contributed by atoms with Crippen LogP contribution in [-0.4, -0.2) is 55.2 Å². The zero-order valence-electron chi connectivity index (χ0n) is 22.1. The monoisotopic (exact) mass is 479 g/mol. The molecule has 1 amide bonds. The minimum Gasteiger partial charge on any atom is -0.493 e. The van der Waals surface area contributed by atoms with E-state index >= 15 is 0 Å². The Labute approximate surface area is 203 Å². The topological polar surface area (TPSA) is 91.4 Å². The number of hydrogen-bond donors (Lipinski definition) is 0. The van der Waals surface area contributed by atoms with Crippen LogP contribution in [0.4, 0.5) is 4.79 Å². The van der Waals surface area contributed by atoms with Gasteiger partial charge in [0.05, 0.1) is 20.3 Å². The summed E-state index contributed by atoms with van der Waals surface area (Å²) in [4.78, 5) is 36.0. The molecule has 192 valence electrons. The summed E-state index contributed by atoms with van der Waals surface area (Å²) in [5.74, 6) is 1.25. The van der Waals surface area contributed by atoms with E-state index in [0.717, 1.165) is 17.7 Å². The van der Waals surface area contributed by atoms with Crippen molar-refractivity contribution in [3.63, 3.8) is 0 Å². The maximum atomic E-state index is 12.1. The van der Waals surface area contributed by atoms with Gasteiger partial charge in [0.2, 0.25) is 0 Å². The number of carbonyl (C=O) groups excluding carboxylic acids is 3. The highest BCUT2D eigenvalue weighted by molar-refractivity contribution is 5.95. The molecule has 0 bridgehead atoms. The molecule has 0 unspecified atom stereocenters. The van der Waals surface area contributed by atoms with Crippen LogP contribution in [0.5, 0.6) is 11.5 Å². The van der Waals surface area contributed by atoms with Crippen LogP contribution in [-0.2, 0) is 32.0 Å². The lowest BCUT2D eigenvalue weighted by molar-refractivity contribution is -0.149. The molecule has 8 heteroatoms. The lowest BCUT2D eigenvalue weighted by Gasteiger charge is -2.31. The van der Waals surface area contributed by atoms with E-state index in [-0.39, 0.29) is 24.4 Å². The maximum Gasteiger partial charge on any atom is 0.410 e. The second kappa shape index (κ2) is 13.2. The minimum atomic E-state index is -0.477. The molecule has 0 aliphatic carbocycles. The average Bonchev–Trinajstić information content (AvgIpc) is 2.70. The summed E-state index contributed by atoms with van der Waals surface area (Å²) in [5.41, 5.74) is 1.78. The van der Waals surface area contributed by atoms with Crippen LogP contribution in [0.15, 0.2) is 12.1 Å². The largest absolute Gasteiger partial charge is 0.493 e. The van der Waals surface area contributed by atoms with Gasteiger partial charge >= 0.3 is 12.1 Å². The Morgan fingerprint density at radius 1 is 0.971 bits per heavy atom. The summed E-state index contributed by atoms with van der Waals surface area (Å²) in [6.07, 6.45) is 0.737. The van der Waals surface area contributed by atoms with Crippen molar-refractivity contribution in [2.75, 3.05) is 20.8 Å². The number of ether oxygens (including phenoxy) is 4. The Hall–Kier alpha value is -2.77. The molecule has 1 heterocycles. The van der Waals surface area contributed by atoms with Crippen LogP contribution in [0.2, 0.25) is 0 Å². The van der Waals surface area contributed by atoms with Crippen molar-refractivity contribution >= 4 is 17.8 Å². The first kappa shape index (κ1) is 29.3. The van der Waals surface area contributed by atoms with E-state index in [2.05, 4.69) is 0 Å². The molecule has 0 radical (unpaired) electrons. The van der Waals surface area contributed by atoms with Crippen molar-refractivity contribution < 1.29 is 33.3 Å². The van der Waals surface area contributed by atoms with E-state index in [1.807, 2.05) is 46.8 Å². The molecule has 0 spiro atoms. The Bertz CT molecular complexity index is 820. The van der Waals surface area contributed by atoms with Gasteiger partial charge in [-0.15, -0.1) is 0 Å². The second-order valence-electron chi connectivity index (χ2n) is 9.98. The number of hydrogen-bond acceptors (Lipinski definition) is 7. The van der Waals surface area contributed by atoms with Gasteiger partial charge in [-0.25, -0.2) is 4.79 Å². The van der Waals surface area contributed by atoms with Gasteiger partial charge in [0.1, 0.15) is 17.8 Å². The van der Waals surface area contributed by atoms with Gasteiger partial charge in [-0.3, -0.25) is 9.59 Å². The number of methoxy groups -OCH3 is 2. The highest BCUT2D eigenvalue weighted by atomic mass is 16.6. The summed E-state index contributed by atoms with van der Waals surface area (Å²) >= 11 is 0. The van der Waals surface area contributed by atoms with Crippen LogP contribution >= 0.6 is 0 Å². The first-order chi connectivity index (χ1) is 15.7. The molecule has 34 heavy (non-hydrogen) atoms. The lowest BCUT2D eigenvalue weighted by Crippen LogP contribution is -2.39. The predicted octanol–water partition coefficient (Wildman–Crippen LogP) is 4.94. The summed E-state index contributed by atoms with van der Waals surface area (Å²) in [5, 5.41) is 0. The van der Waals surface area contributed by atoms with E-state index in [1.54, 1.807) is 33.0 Å². The standard InChI is InChI=1S/C16H23NO4.C10H18O3/c1-16(2,3)21-15(18)17-7-6-11-8-13(19-4)14(20-5)9-12(11)10-17;1-7(2)5-9(11)6-10(12)13-8(3)4/h8-9H,6-7,10H2,1-5H3;7-8H,5-6H2,1-4H3. The third-order valence-electron chi connectivity index (χ3n) is 4.71. The van der Waals surface area contributed by atoms with Crippen molar-refractivity contribution in [1.82, 2.24) is 4.90 Å². The quantitative estimate of drug-likeness (QED) is 0.404. The average molecular weight is 480 g/mol. The zero-order chi connectivity index (χ0) is 26.1. The third kappa shape index (κ3) is 10.4. The molecular formula is C26H41NO7. The number of fused-ring (bicyclic) bond motifs is 1. The molecule has 0 aromatic heterocycles. The Balaban J connectivity index is 0.000000385. The summed E-state index contributed by atoms with van der Waals surface area (Å²) < 4.78 is 20.9. The highest BCUT2D eigenvalue weighted by Crippen LogP contribution is 2.33. The molecule has 1 aliphatic heterocycles. The number of amides is 1. The van der Waals surface area contributed by atoms with Crippen LogP contribution in [0.3, 0.4) is 0 Å². The molecular weight excluding hydrogens is 438 g/mol. The molecule has 1 aliphatic rings.